The zero-order chi connectivity index (χ0) is 21.8. The molecule has 8 heteroatoms. The minimum atomic E-state index is -0.0321. The van der Waals surface area contributed by atoms with Crippen molar-refractivity contribution in [3.05, 3.63) is 24.3 Å². The van der Waals surface area contributed by atoms with Crippen LogP contribution in [0.15, 0.2) is 29.3 Å². The predicted octanol–water partition coefficient (Wildman–Crippen LogP) is 3.53. The van der Waals surface area contributed by atoms with Gasteiger partial charge in [0.05, 0.1) is 26.4 Å². The molecule has 0 amide bonds. The van der Waals surface area contributed by atoms with Gasteiger partial charge in [0, 0.05) is 38.3 Å². The van der Waals surface area contributed by atoms with Crippen LogP contribution in [0.5, 0.6) is 11.5 Å². The highest BCUT2D eigenvalue weighted by atomic mass is 127. The van der Waals surface area contributed by atoms with Gasteiger partial charge in [-0.3, -0.25) is 0 Å². The average molecular weight is 549 g/mol. The van der Waals surface area contributed by atoms with Crippen LogP contribution in [0.25, 0.3) is 0 Å². The summed E-state index contributed by atoms with van der Waals surface area (Å²) in [5.41, 5.74) is 0. The number of hydrogen-bond donors (Lipinski definition) is 2. The summed E-state index contributed by atoms with van der Waals surface area (Å²) in [6.45, 7) is 13.7. The fourth-order valence-electron chi connectivity index (χ4n) is 3.40. The van der Waals surface area contributed by atoms with Crippen molar-refractivity contribution in [2.24, 2.45) is 4.99 Å². The number of nitrogens with zero attached hydrogens (tertiary/aromatic N) is 2. The lowest BCUT2D eigenvalue weighted by atomic mass is 10.1. The van der Waals surface area contributed by atoms with Gasteiger partial charge in [-0.15, -0.1) is 24.0 Å². The molecule has 1 aromatic rings. The Bertz CT molecular complexity index is 637. The molecule has 0 aromatic heterocycles. The number of ether oxygens (including phenoxy) is 3. The Morgan fingerprint density at radius 1 is 1.19 bits per heavy atom. The molecule has 1 unspecified atom stereocenters. The number of rotatable bonds is 11. The Hall–Kier alpha value is -1.26. The summed E-state index contributed by atoms with van der Waals surface area (Å²) in [7, 11) is 1.66. The largest absolute Gasteiger partial charge is 0.497 e. The van der Waals surface area contributed by atoms with E-state index in [4.69, 9.17) is 19.2 Å². The number of nitrogens with one attached hydrogen (secondary N) is 2. The molecule has 0 saturated carbocycles. The molecule has 7 nitrogen and oxygen atoms in total. The van der Waals surface area contributed by atoms with Crippen molar-refractivity contribution in [3.63, 3.8) is 0 Å². The Morgan fingerprint density at radius 2 is 1.90 bits per heavy atom. The molecule has 0 aliphatic carbocycles. The van der Waals surface area contributed by atoms with E-state index in [-0.39, 0.29) is 30.1 Å². The van der Waals surface area contributed by atoms with Crippen LogP contribution < -0.4 is 20.1 Å². The van der Waals surface area contributed by atoms with Gasteiger partial charge >= 0.3 is 0 Å². The van der Waals surface area contributed by atoms with Crippen LogP contribution >= 0.6 is 24.0 Å². The van der Waals surface area contributed by atoms with Crippen molar-refractivity contribution >= 4 is 29.9 Å². The molecular formula is C23H41IN4O3. The summed E-state index contributed by atoms with van der Waals surface area (Å²) in [5.74, 6) is 2.45. The fourth-order valence-corrected chi connectivity index (χ4v) is 3.40. The predicted molar refractivity (Wildman–Crippen MR) is 138 cm³/mol. The van der Waals surface area contributed by atoms with Gasteiger partial charge in [0.25, 0.3) is 0 Å². The molecule has 1 aliphatic rings. The molecule has 1 atom stereocenters. The number of likely N-dealkylation sites (tertiary alicyclic amines) is 1. The fraction of sp³-hybridized carbons (Fsp3) is 0.696. The van der Waals surface area contributed by atoms with Crippen LogP contribution in [0, 0.1) is 0 Å². The monoisotopic (exact) mass is 548 g/mol. The summed E-state index contributed by atoms with van der Waals surface area (Å²) in [5, 5.41) is 6.95. The SMILES string of the molecule is CCNC(=NCC(C)Oc1cccc(OC)c1)NC1CCN(CCOC(C)C)CC1.I. The van der Waals surface area contributed by atoms with Crippen LogP contribution in [0.1, 0.15) is 40.5 Å². The molecule has 1 fully saturated rings. The van der Waals surface area contributed by atoms with Crippen LogP contribution in [0.3, 0.4) is 0 Å². The van der Waals surface area contributed by atoms with Crippen LogP contribution in [0.4, 0.5) is 0 Å². The number of piperidine rings is 1. The zero-order valence-corrected chi connectivity index (χ0v) is 22.1. The highest BCUT2D eigenvalue weighted by Gasteiger charge is 2.20. The van der Waals surface area contributed by atoms with E-state index < -0.39 is 0 Å². The third-order valence-corrected chi connectivity index (χ3v) is 5.02. The number of guanidine groups is 1. The standard InChI is InChI=1S/C23H40N4O3.HI/c1-6-24-23(25-17-19(4)30-22-9-7-8-21(16-22)28-5)26-20-10-12-27(13-11-20)14-15-29-18(2)3;/h7-9,16,18-20H,6,10-15,17H2,1-5H3,(H2,24,25,26);1H. The second kappa shape index (κ2) is 15.5. The third-order valence-electron chi connectivity index (χ3n) is 5.02. The van der Waals surface area contributed by atoms with E-state index >= 15 is 0 Å². The highest BCUT2D eigenvalue weighted by Crippen LogP contribution is 2.20. The first-order chi connectivity index (χ1) is 14.5. The zero-order valence-electron chi connectivity index (χ0n) is 19.7. The van der Waals surface area contributed by atoms with E-state index in [0.717, 1.165) is 63.1 Å². The van der Waals surface area contributed by atoms with Crippen molar-refractivity contribution in [1.82, 2.24) is 15.5 Å². The lowest BCUT2D eigenvalue weighted by Crippen LogP contribution is -2.49. The molecule has 0 radical (unpaired) electrons. The first-order valence-electron chi connectivity index (χ1n) is 11.2. The average Bonchev–Trinajstić information content (AvgIpc) is 2.73. The molecule has 1 aliphatic heterocycles. The van der Waals surface area contributed by atoms with Crippen molar-refractivity contribution in [3.8, 4) is 11.5 Å². The van der Waals surface area contributed by atoms with Crippen molar-refractivity contribution < 1.29 is 14.2 Å². The molecule has 0 spiro atoms. The van der Waals surface area contributed by atoms with E-state index in [2.05, 4.69) is 36.3 Å². The maximum atomic E-state index is 5.98. The molecule has 0 bridgehead atoms. The van der Waals surface area contributed by atoms with Gasteiger partial charge in [-0.05, 0) is 52.7 Å². The molecule has 1 saturated heterocycles. The lowest BCUT2D eigenvalue weighted by Gasteiger charge is -2.33. The topological polar surface area (TPSA) is 67.4 Å². The van der Waals surface area contributed by atoms with E-state index in [0.29, 0.717) is 18.7 Å². The highest BCUT2D eigenvalue weighted by molar-refractivity contribution is 14.0. The Labute approximate surface area is 205 Å². The first kappa shape index (κ1) is 27.8. The van der Waals surface area contributed by atoms with Gasteiger partial charge in [0.2, 0.25) is 0 Å². The summed E-state index contributed by atoms with van der Waals surface area (Å²) < 4.78 is 16.9. The number of halogens is 1. The molecule has 2 rings (SSSR count). The number of methoxy groups -OCH3 is 1. The van der Waals surface area contributed by atoms with Gasteiger partial charge < -0.3 is 29.7 Å². The smallest absolute Gasteiger partial charge is 0.191 e. The quantitative estimate of drug-likeness (QED) is 0.251. The Balaban J connectivity index is 0.00000480. The summed E-state index contributed by atoms with van der Waals surface area (Å²) in [4.78, 5) is 7.22. The maximum absolute atomic E-state index is 5.98. The van der Waals surface area contributed by atoms with Gasteiger partial charge in [0.15, 0.2) is 5.96 Å². The number of aliphatic imine (C=N–C) groups is 1. The second-order valence-corrected chi connectivity index (χ2v) is 8.01. The Kier molecular flexibility index (Phi) is 13.9. The normalized spacial score (nSPS) is 16.5. The van der Waals surface area contributed by atoms with Gasteiger partial charge in [-0.2, -0.15) is 0 Å². The summed E-state index contributed by atoms with van der Waals surface area (Å²) in [6, 6.07) is 8.11. The lowest BCUT2D eigenvalue weighted by molar-refractivity contribution is 0.0532. The molecule has 31 heavy (non-hydrogen) atoms. The van der Waals surface area contributed by atoms with Crippen LogP contribution in [-0.4, -0.2) is 75.5 Å². The molecule has 1 heterocycles. The van der Waals surface area contributed by atoms with Gasteiger partial charge in [-0.1, -0.05) is 6.07 Å². The molecule has 1 aromatic carbocycles. The molecule has 178 valence electrons. The molecule has 2 N–H and O–H groups in total. The van der Waals surface area contributed by atoms with Crippen molar-refractivity contribution in [2.75, 3.05) is 46.4 Å². The van der Waals surface area contributed by atoms with Crippen molar-refractivity contribution in [2.45, 2.75) is 58.8 Å². The van der Waals surface area contributed by atoms with Gasteiger partial charge in [0.1, 0.15) is 17.6 Å². The van der Waals surface area contributed by atoms with Crippen LogP contribution in [-0.2, 0) is 4.74 Å². The van der Waals surface area contributed by atoms with Crippen molar-refractivity contribution in [1.29, 1.82) is 0 Å². The second-order valence-electron chi connectivity index (χ2n) is 8.01. The number of benzene rings is 1. The summed E-state index contributed by atoms with van der Waals surface area (Å²) in [6.07, 6.45) is 2.50. The van der Waals surface area contributed by atoms with E-state index in [1.807, 2.05) is 31.2 Å². The third kappa shape index (κ3) is 11.2. The van der Waals surface area contributed by atoms with E-state index in [9.17, 15) is 0 Å². The minimum absolute atomic E-state index is 0. The first-order valence-corrected chi connectivity index (χ1v) is 11.2. The minimum Gasteiger partial charge on any atom is -0.497 e. The van der Waals surface area contributed by atoms with Gasteiger partial charge in [-0.25, -0.2) is 4.99 Å². The number of hydrogen-bond acceptors (Lipinski definition) is 5. The van der Waals surface area contributed by atoms with E-state index in [1.165, 1.54) is 0 Å². The summed E-state index contributed by atoms with van der Waals surface area (Å²) >= 11 is 0. The maximum Gasteiger partial charge on any atom is 0.191 e. The molecular weight excluding hydrogens is 507 g/mol. The van der Waals surface area contributed by atoms with Crippen LogP contribution in [0.2, 0.25) is 0 Å². The van der Waals surface area contributed by atoms with E-state index in [1.54, 1.807) is 7.11 Å². The Morgan fingerprint density at radius 3 is 2.55 bits per heavy atom.